The number of hydrogen-bond acceptors (Lipinski definition) is 2. The van der Waals surface area contributed by atoms with Gasteiger partial charge in [0, 0.05) is 10.6 Å². The maximum Gasteiger partial charge on any atom is 0.417 e. The molecule has 0 spiro atoms. The molecule has 0 aliphatic carbocycles. The monoisotopic (exact) mass is 223 g/mol. The zero-order valence-electron chi connectivity index (χ0n) is 6.56. The Morgan fingerprint density at radius 1 is 1.36 bits per heavy atom. The minimum Gasteiger partial charge on any atom is -0.545 e. The molecule has 0 aromatic heterocycles. The summed E-state index contributed by atoms with van der Waals surface area (Å²) >= 11 is 5.35. The predicted molar refractivity (Wildman–Crippen MR) is 40.8 cm³/mol. The van der Waals surface area contributed by atoms with Crippen molar-refractivity contribution in [1.29, 1.82) is 0 Å². The van der Waals surface area contributed by atoms with Crippen molar-refractivity contribution in [1.82, 2.24) is 0 Å². The van der Waals surface area contributed by atoms with Crippen LogP contribution in [0, 0.1) is 0 Å². The fourth-order valence-corrected chi connectivity index (χ4v) is 1.10. The van der Waals surface area contributed by atoms with Crippen molar-refractivity contribution in [2.45, 2.75) is 6.18 Å². The molecule has 0 aliphatic rings. The zero-order chi connectivity index (χ0) is 10.9. The Kier molecular flexibility index (Phi) is 2.71. The Bertz CT molecular complexity index is 373. The second kappa shape index (κ2) is 3.49. The number of carboxylic acids is 1. The van der Waals surface area contributed by atoms with E-state index in [9.17, 15) is 23.1 Å². The van der Waals surface area contributed by atoms with Crippen LogP contribution in [0.1, 0.15) is 15.9 Å². The molecule has 1 rings (SSSR count). The second-order valence-electron chi connectivity index (χ2n) is 2.48. The van der Waals surface area contributed by atoms with Crippen molar-refractivity contribution in [3.8, 4) is 0 Å². The lowest BCUT2D eigenvalue weighted by atomic mass is 10.1. The van der Waals surface area contributed by atoms with Gasteiger partial charge in [-0.3, -0.25) is 0 Å². The number of halogens is 4. The predicted octanol–water partition coefficient (Wildman–Crippen LogP) is 1.72. The Morgan fingerprint density at radius 2 is 1.93 bits per heavy atom. The molecule has 1 aromatic carbocycles. The zero-order valence-corrected chi connectivity index (χ0v) is 7.32. The summed E-state index contributed by atoms with van der Waals surface area (Å²) in [5.74, 6) is -1.90. The van der Waals surface area contributed by atoms with Crippen LogP contribution in [0.5, 0.6) is 0 Å². The van der Waals surface area contributed by atoms with E-state index in [0.717, 1.165) is 6.07 Å². The van der Waals surface area contributed by atoms with Gasteiger partial charge in [0.1, 0.15) is 0 Å². The maximum atomic E-state index is 12.2. The molecule has 6 heteroatoms. The van der Waals surface area contributed by atoms with Gasteiger partial charge in [-0.2, -0.15) is 13.2 Å². The van der Waals surface area contributed by atoms with Gasteiger partial charge in [-0.1, -0.05) is 11.6 Å². The van der Waals surface area contributed by atoms with Crippen LogP contribution < -0.4 is 5.11 Å². The van der Waals surface area contributed by atoms with Crippen LogP contribution in [-0.2, 0) is 6.18 Å². The van der Waals surface area contributed by atoms with Crippen LogP contribution in [-0.4, -0.2) is 5.97 Å². The Labute approximate surface area is 81.9 Å². The second-order valence-corrected chi connectivity index (χ2v) is 2.91. The van der Waals surface area contributed by atoms with Gasteiger partial charge < -0.3 is 9.90 Å². The SMILES string of the molecule is O=C([O-])c1cc(Cl)ccc1C(F)(F)F. The molecule has 0 amide bonds. The maximum absolute atomic E-state index is 12.2. The highest BCUT2D eigenvalue weighted by atomic mass is 35.5. The summed E-state index contributed by atoms with van der Waals surface area (Å²) in [5, 5.41) is 10.3. The lowest BCUT2D eigenvalue weighted by Gasteiger charge is -2.13. The number of carboxylic acid groups (broad SMARTS) is 1. The van der Waals surface area contributed by atoms with Crippen LogP contribution in [0.25, 0.3) is 0 Å². The topological polar surface area (TPSA) is 40.1 Å². The summed E-state index contributed by atoms with van der Waals surface area (Å²) in [5.41, 5.74) is -2.22. The van der Waals surface area contributed by atoms with E-state index in [0.29, 0.717) is 12.1 Å². The van der Waals surface area contributed by atoms with Gasteiger partial charge in [-0.25, -0.2) is 0 Å². The van der Waals surface area contributed by atoms with E-state index < -0.39 is 23.3 Å². The lowest BCUT2D eigenvalue weighted by Crippen LogP contribution is -2.26. The third kappa shape index (κ3) is 2.17. The first kappa shape index (κ1) is 10.8. The average Bonchev–Trinajstić information content (AvgIpc) is 2.01. The third-order valence-electron chi connectivity index (χ3n) is 1.51. The number of carbonyl (C=O) groups is 1. The standard InChI is InChI=1S/C8H4ClF3O2/c9-4-1-2-6(8(10,11)12)5(3-4)7(13)14/h1-3H,(H,13,14)/p-1. The van der Waals surface area contributed by atoms with Crippen LogP contribution >= 0.6 is 11.6 Å². The quantitative estimate of drug-likeness (QED) is 0.727. The molecular weight excluding hydrogens is 221 g/mol. The summed E-state index contributed by atoms with van der Waals surface area (Å²) in [6.45, 7) is 0. The number of carbonyl (C=O) groups excluding carboxylic acids is 1. The summed E-state index contributed by atoms with van der Waals surface area (Å²) in [7, 11) is 0. The van der Waals surface area contributed by atoms with Crippen molar-refractivity contribution in [2.24, 2.45) is 0 Å². The van der Waals surface area contributed by atoms with Crippen molar-refractivity contribution >= 4 is 17.6 Å². The molecule has 0 N–H and O–H groups in total. The molecular formula is C8H3ClF3O2-. The number of hydrogen-bond donors (Lipinski definition) is 0. The van der Waals surface area contributed by atoms with Gasteiger partial charge in [0.05, 0.1) is 11.5 Å². The molecule has 14 heavy (non-hydrogen) atoms. The molecule has 0 saturated carbocycles. The number of alkyl halides is 3. The first-order valence-electron chi connectivity index (χ1n) is 3.40. The molecule has 2 nitrogen and oxygen atoms in total. The smallest absolute Gasteiger partial charge is 0.417 e. The molecule has 0 aliphatic heterocycles. The van der Waals surface area contributed by atoms with Crippen LogP contribution in [0.2, 0.25) is 5.02 Å². The molecule has 0 fully saturated rings. The molecule has 0 atom stereocenters. The van der Waals surface area contributed by atoms with Crippen molar-refractivity contribution < 1.29 is 23.1 Å². The summed E-state index contributed by atoms with van der Waals surface area (Å²) in [4.78, 5) is 10.4. The van der Waals surface area contributed by atoms with E-state index in [-0.39, 0.29) is 5.02 Å². The summed E-state index contributed by atoms with van der Waals surface area (Å²) < 4.78 is 36.6. The van der Waals surface area contributed by atoms with E-state index >= 15 is 0 Å². The van der Waals surface area contributed by atoms with Crippen molar-refractivity contribution in [3.63, 3.8) is 0 Å². The Hall–Kier alpha value is -1.23. The Balaban J connectivity index is 3.37. The normalized spacial score (nSPS) is 11.4. The molecule has 0 heterocycles. The largest absolute Gasteiger partial charge is 0.545 e. The first-order valence-corrected chi connectivity index (χ1v) is 3.78. The fraction of sp³-hybridized carbons (Fsp3) is 0.125. The fourth-order valence-electron chi connectivity index (χ4n) is 0.933. The van der Waals surface area contributed by atoms with E-state index in [1.54, 1.807) is 0 Å². The van der Waals surface area contributed by atoms with Gasteiger partial charge in [-0.15, -0.1) is 0 Å². The highest BCUT2D eigenvalue weighted by molar-refractivity contribution is 6.30. The number of rotatable bonds is 1. The van der Waals surface area contributed by atoms with E-state index in [2.05, 4.69) is 0 Å². The molecule has 0 bridgehead atoms. The highest BCUT2D eigenvalue weighted by Crippen LogP contribution is 2.32. The van der Waals surface area contributed by atoms with E-state index in [4.69, 9.17) is 11.6 Å². The molecule has 76 valence electrons. The van der Waals surface area contributed by atoms with Crippen LogP contribution in [0.3, 0.4) is 0 Å². The Morgan fingerprint density at radius 3 is 2.36 bits per heavy atom. The van der Waals surface area contributed by atoms with E-state index in [1.807, 2.05) is 0 Å². The summed E-state index contributed by atoms with van der Waals surface area (Å²) in [6.07, 6.45) is -4.72. The molecule has 0 radical (unpaired) electrons. The average molecular weight is 224 g/mol. The highest BCUT2D eigenvalue weighted by Gasteiger charge is 2.33. The molecule has 0 unspecified atom stereocenters. The van der Waals surface area contributed by atoms with Gasteiger partial charge in [0.2, 0.25) is 0 Å². The van der Waals surface area contributed by atoms with Crippen molar-refractivity contribution in [3.05, 3.63) is 34.3 Å². The minimum absolute atomic E-state index is 0.0859. The van der Waals surface area contributed by atoms with Gasteiger partial charge >= 0.3 is 6.18 Å². The number of benzene rings is 1. The van der Waals surface area contributed by atoms with E-state index in [1.165, 1.54) is 0 Å². The minimum atomic E-state index is -4.72. The molecule has 0 saturated heterocycles. The molecule has 1 aromatic rings. The van der Waals surface area contributed by atoms with Gasteiger partial charge in [0.15, 0.2) is 0 Å². The number of aromatic carboxylic acids is 1. The lowest BCUT2D eigenvalue weighted by molar-refractivity contribution is -0.255. The van der Waals surface area contributed by atoms with Crippen LogP contribution in [0.4, 0.5) is 13.2 Å². The van der Waals surface area contributed by atoms with Crippen LogP contribution in [0.15, 0.2) is 18.2 Å². The van der Waals surface area contributed by atoms with Gasteiger partial charge in [0.25, 0.3) is 0 Å². The van der Waals surface area contributed by atoms with Crippen molar-refractivity contribution in [2.75, 3.05) is 0 Å². The third-order valence-corrected chi connectivity index (χ3v) is 1.74. The summed E-state index contributed by atoms with van der Waals surface area (Å²) in [6, 6.07) is 2.28. The first-order chi connectivity index (χ1) is 6.32. The van der Waals surface area contributed by atoms with Gasteiger partial charge in [-0.05, 0) is 18.2 Å².